The quantitative estimate of drug-likeness (QED) is 0.182. The van der Waals surface area contributed by atoms with Crippen LogP contribution in [0.15, 0.2) is 0 Å². The summed E-state index contributed by atoms with van der Waals surface area (Å²) in [4.78, 5) is 21.4. The Labute approximate surface area is 200 Å². The monoisotopic (exact) mass is 394 g/mol. The zero-order chi connectivity index (χ0) is 17.4. The third-order valence-electron chi connectivity index (χ3n) is 4.27. The molecular weight excluding hydrogens is 357 g/mol. The topological polar surface area (TPSA) is 72.4 Å². The molecule has 0 heterocycles. The molecule has 0 aromatic heterocycles. The number of phosphoric acid groups is 1. The van der Waals surface area contributed by atoms with E-state index in [1.165, 1.54) is 64.2 Å². The van der Waals surface area contributed by atoms with Crippen molar-refractivity contribution in [3.63, 3.8) is 0 Å². The summed E-state index contributed by atoms with van der Waals surface area (Å²) >= 11 is 0. The molecule has 0 spiro atoms. The smallest absolute Gasteiger partial charge is 0.790 e. The number of unbranched alkanes of at least 4 members (excludes halogenated alkanes) is 11. The van der Waals surface area contributed by atoms with E-state index < -0.39 is 13.9 Å². The largest absolute Gasteiger partial charge is 1.00 e. The van der Waals surface area contributed by atoms with Crippen molar-refractivity contribution >= 4 is 7.82 Å². The molecule has 4 nitrogen and oxygen atoms in total. The molecule has 25 heavy (non-hydrogen) atoms. The SMILES string of the molecule is CCCCCCCCCCCCCCC(CCC)OP(=O)([O-])[O-].[Na+].[Na+]. The summed E-state index contributed by atoms with van der Waals surface area (Å²) in [5, 5.41) is 0. The minimum Gasteiger partial charge on any atom is -0.790 e. The summed E-state index contributed by atoms with van der Waals surface area (Å²) in [7, 11) is -4.84. The molecule has 0 aliphatic rings. The van der Waals surface area contributed by atoms with E-state index in [9.17, 15) is 14.4 Å². The zero-order valence-corrected chi connectivity index (χ0v) is 22.2. The van der Waals surface area contributed by atoms with Crippen LogP contribution >= 0.6 is 7.82 Å². The van der Waals surface area contributed by atoms with E-state index in [4.69, 9.17) is 0 Å². The number of phosphoric ester groups is 1. The van der Waals surface area contributed by atoms with Crippen molar-refractivity contribution in [2.75, 3.05) is 0 Å². The van der Waals surface area contributed by atoms with Crippen molar-refractivity contribution in [1.29, 1.82) is 0 Å². The minimum absolute atomic E-state index is 0. The van der Waals surface area contributed by atoms with Gasteiger partial charge in [-0.1, -0.05) is 97.3 Å². The van der Waals surface area contributed by atoms with Crippen LogP contribution in [-0.2, 0) is 9.09 Å². The predicted octanol–water partition coefficient (Wildman–Crippen LogP) is -0.900. The first kappa shape index (κ1) is 31.8. The Morgan fingerprint density at radius 3 is 1.44 bits per heavy atom. The van der Waals surface area contributed by atoms with Crippen LogP contribution in [0.1, 0.15) is 110 Å². The number of hydrogen-bond donors (Lipinski definition) is 0. The third-order valence-corrected chi connectivity index (χ3v) is 4.82. The maximum absolute atomic E-state index is 10.7. The van der Waals surface area contributed by atoms with Crippen molar-refractivity contribution in [2.24, 2.45) is 0 Å². The van der Waals surface area contributed by atoms with Gasteiger partial charge < -0.3 is 18.9 Å². The molecule has 0 rings (SSSR count). The standard InChI is InChI=1S/C18H39O4P.2Na/c1-3-5-6-7-8-9-10-11-12-13-14-15-17-18(16-4-2)22-23(19,20)21;;/h18H,3-17H2,1-2H3,(H2,19,20,21);;/q;2*+1/p-2. The van der Waals surface area contributed by atoms with Crippen LogP contribution in [-0.4, -0.2) is 6.10 Å². The fourth-order valence-electron chi connectivity index (χ4n) is 2.97. The normalized spacial score (nSPS) is 12.3. The first-order valence-electron chi connectivity index (χ1n) is 9.70. The second-order valence-electron chi connectivity index (χ2n) is 6.64. The van der Waals surface area contributed by atoms with Gasteiger partial charge in [-0.15, -0.1) is 0 Å². The van der Waals surface area contributed by atoms with Gasteiger partial charge in [-0.05, 0) is 12.8 Å². The molecule has 0 aromatic rings. The van der Waals surface area contributed by atoms with E-state index in [0.717, 1.165) is 19.3 Å². The van der Waals surface area contributed by atoms with E-state index >= 15 is 0 Å². The maximum Gasteiger partial charge on any atom is 1.00 e. The fourth-order valence-corrected chi connectivity index (χ4v) is 3.54. The molecule has 0 radical (unpaired) electrons. The van der Waals surface area contributed by atoms with Gasteiger partial charge in [0.25, 0.3) is 0 Å². The van der Waals surface area contributed by atoms with E-state index in [1.54, 1.807) is 0 Å². The Kier molecular flexibility index (Phi) is 28.5. The predicted molar refractivity (Wildman–Crippen MR) is 93.1 cm³/mol. The van der Waals surface area contributed by atoms with Crippen molar-refractivity contribution in [1.82, 2.24) is 0 Å². The first-order chi connectivity index (χ1) is 11.0. The van der Waals surface area contributed by atoms with Crippen LogP contribution in [0.2, 0.25) is 0 Å². The average molecular weight is 394 g/mol. The van der Waals surface area contributed by atoms with Crippen LogP contribution in [0.3, 0.4) is 0 Å². The molecule has 7 heteroatoms. The minimum atomic E-state index is -4.84. The summed E-state index contributed by atoms with van der Waals surface area (Å²) in [6, 6.07) is 0. The van der Waals surface area contributed by atoms with Crippen molar-refractivity contribution in [2.45, 2.75) is 116 Å². The van der Waals surface area contributed by atoms with Crippen LogP contribution in [0.25, 0.3) is 0 Å². The molecule has 0 bridgehead atoms. The second kappa shape index (κ2) is 22.4. The maximum atomic E-state index is 10.7. The average Bonchev–Trinajstić information content (AvgIpc) is 2.47. The Bertz CT molecular complexity index is 301. The third kappa shape index (κ3) is 26.1. The summed E-state index contributed by atoms with van der Waals surface area (Å²) in [6.45, 7) is 4.22. The van der Waals surface area contributed by atoms with E-state index in [-0.39, 0.29) is 59.1 Å². The van der Waals surface area contributed by atoms with Gasteiger partial charge in [-0.25, -0.2) is 0 Å². The number of hydrogen-bond acceptors (Lipinski definition) is 4. The second-order valence-corrected chi connectivity index (χ2v) is 7.75. The van der Waals surface area contributed by atoms with Crippen LogP contribution in [0.4, 0.5) is 0 Å². The molecular formula is C18H37Na2O4P. The van der Waals surface area contributed by atoms with Gasteiger partial charge in [0.05, 0.1) is 13.9 Å². The summed E-state index contributed by atoms with van der Waals surface area (Å²) in [5.74, 6) is 0. The Hall–Kier alpha value is 2.11. The Morgan fingerprint density at radius 2 is 1.08 bits per heavy atom. The molecule has 0 aliphatic carbocycles. The molecule has 0 aliphatic heterocycles. The molecule has 0 aromatic carbocycles. The van der Waals surface area contributed by atoms with Gasteiger partial charge in [0.2, 0.25) is 0 Å². The molecule has 0 fully saturated rings. The molecule has 140 valence electrons. The van der Waals surface area contributed by atoms with Crippen molar-refractivity contribution in [3.05, 3.63) is 0 Å². The van der Waals surface area contributed by atoms with Gasteiger partial charge in [-0.2, -0.15) is 0 Å². The molecule has 0 N–H and O–H groups in total. The Morgan fingerprint density at radius 1 is 0.680 bits per heavy atom. The molecule has 0 saturated carbocycles. The van der Waals surface area contributed by atoms with Gasteiger partial charge in [0.1, 0.15) is 0 Å². The molecule has 0 saturated heterocycles. The van der Waals surface area contributed by atoms with Crippen molar-refractivity contribution < 1.29 is 78.0 Å². The van der Waals surface area contributed by atoms with Gasteiger partial charge in [-0.3, -0.25) is 0 Å². The van der Waals surface area contributed by atoms with Gasteiger partial charge >= 0.3 is 59.1 Å². The van der Waals surface area contributed by atoms with Crippen LogP contribution < -0.4 is 68.9 Å². The summed E-state index contributed by atoms with van der Waals surface area (Å²) < 4.78 is 15.3. The molecule has 0 amide bonds. The van der Waals surface area contributed by atoms with E-state index in [2.05, 4.69) is 11.4 Å². The van der Waals surface area contributed by atoms with Crippen LogP contribution in [0.5, 0.6) is 0 Å². The first-order valence-corrected chi connectivity index (χ1v) is 11.2. The summed E-state index contributed by atoms with van der Waals surface area (Å²) in [5.41, 5.74) is 0. The molecule has 1 atom stereocenters. The summed E-state index contributed by atoms with van der Waals surface area (Å²) in [6.07, 6.45) is 17.1. The number of rotatable bonds is 17. The Balaban J connectivity index is -0.00000242. The van der Waals surface area contributed by atoms with Crippen LogP contribution in [0, 0.1) is 0 Å². The van der Waals surface area contributed by atoms with Gasteiger partial charge in [0, 0.05) is 0 Å². The van der Waals surface area contributed by atoms with E-state index in [0.29, 0.717) is 12.8 Å². The van der Waals surface area contributed by atoms with Crippen molar-refractivity contribution in [3.8, 4) is 0 Å². The van der Waals surface area contributed by atoms with E-state index in [1.807, 2.05) is 6.92 Å². The molecule has 1 unspecified atom stereocenters. The fraction of sp³-hybridized carbons (Fsp3) is 1.00. The zero-order valence-electron chi connectivity index (χ0n) is 17.3. The van der Waals surface area contributed by atoms with Gasteiger partial charge in [0.15, 0.2) is 0 Å².